The average molecular weight is 331 g/mol. The summed E-state index contributed by atoms with van der Waals surface area (Å²) in [5, 5.41) is 7.72. The SMILES string of the molecule is COc1ccc(C2=C[C@@H](c3ccccc3Cl)NC(=S)N2)cc1. The van der Waals surface area contributed by atoms with Crippen LogP contribution in [0.2, 0.25) is 5.02 Å². The van der Waals surface area contributed by atoms with Gasteiger partial charge in [-0.1, -0.05) is 29.8 Å². The number of benzene rings is 2. The molecule has 1 atom stereocenters. The molecule has 5 heteroatoms. The van der Waals surface area contributed by atoms with E-state index in [0.717, 1.165) is 27.6 Å². The van der Waals surface area contributed by atoms with E-state index < -0.39 is 0 Å². The van der Waals surface area contributed by atoms with E-state index in [-0.39, 0.29) is 6.04 Å². The monoisotopic (exact) mass is 330 g/mol. The number of nitrogens with one attached hydrogen (secondary N) is 2. The van der Waals surface area contributed by atoms with Gasteiger partial charge in [0, 0.05) is 10.7 Å². The number of thiocarbonyl (C=S) groups is 1. The fourth-order valence-corrected chi connectivity index (χ4v) is 2.87. The third kappa shape index (κ3) is 3.08. The van der Waals surface area contributed by atoms with Crippen molar-refractivity contribution in [2.24, 2.45) is 0 Å². The molecule has 0 aromatic heterocycles. The van der Waals surface area contributed by atoms with Gasteiger partial charge >= 0.3 is 0 Å². The topological polar surface area (TPSA) is 33.3 Å². The second-order valence-corrected chi connectivity index (χ2v) is 5.72. The Labute approximate surface area is 139 Å². The van der Waals surface area contributed by atoms with Crippen LogP contribution in [-0.4, -0.2) is 12.2 Å². The summed E-state index contributed by atoms with van der Waals surface area (Å²) in [6, 6.07) is 15.5. The third-order valence-corrected chi connectivity index (χ3v) is 4.07. The van der Waals surface area contributed by atoms with E-state index in [9.17, 15) is 0 Å². The molecule has 22 heavy (non-hydrogen) atoms. The van der Waals surface area contributed by atoms with Crippen molar-refractivity contribution >= 4 is 34.6 Å². The highest BCUT2D eigenvalue weighted by Crippen LogP contribution is 2.28. The molecular formula is C17H15ClN2OS. The molecule has 2 aromatic rings. The molecule has 0 saturated heterocycles. The van der Waals surface area contributed by atoms with Gasteiger partial charge < -0.3 is 15.4 Å². The van der Waals surface area contributed by atoms with Crippen molar-refractivity contribution in [3.05, 3.63) is 70.8 Å². The van der Waals surface area contributed by atoms with Crippen LogP contribution >= 0.6 is 23.8 Å². The Bertz CT molecular complexity index is 728. The maximum absolute atomic E-state index is 6.29. The zero-order chi connectivity index (χ0) is 15.5. The molecule has 112 valence electrons. The number of methoxy groups -OCH3 is 1. The maximum atomic E-state index is 6.29. The lowest BCUT2D eigenvalue weighted by Gasteiger charge is -2.27. The van der Waals surface area contributed by atoms with Gasteiger partial charge in [0.15, 0.2) is 5.11 Å². The van der Waals surface area contributed by atoms with Crippen LogP contribution in [0.3, 0.4) is 0 Å². The fourth-order valence-electron chi connectivity index (χ4n) is 2.38. The van der Waals surface area contributed by atoms with E-state index in [4.69, 9.17) is 28.6 Å². The number of halogens is 1. The highest BCUT2D eigenvalue weighted by molar-refractivity contribution is 7.80. The first-order valence-electron chi connectivity index (χ1n) is 6.85. The van der Waals surface area contributed by atoms with Gasteiger partial charge in [0.05, 0.1) is 13.2 Å². The van der Waals surface area contributed by atoms with Gasteiger partial charge in [-0.05, 0) is 59.8 Å². The molecule has 1 heterocycles. The summed E-state index contributed by atoms with van der Waals surface area (Å²) >= 11 is 11.6. The molecule has 1 aliphatic heterocycles. The van der Waals surface area contributed by atoms with Gasteiger partial charge in [-0.25, -0.2) is 0 Å². The Hall–Kier alpha value is -2.04. The van der Waals surface area contributed by atoms with Crippen molar-refractivity contribution in [1.29, 1.82) is 0 Å². The van der Waals surface area contributed by atoms with Crippen LogP contribution in [0.25, 0.3) is 5.70 Å². The van der Waals surface area contributed by atoms with Gasteiger partial charge in [0.1, 0.15) is 5.75 Å². The summed E-state index contributed by atoms with van der Waals surface area (Å²) < 4.78 is 5.19. The van der Waals surface area contributed by atoms with Crippen LogP contribution in [0.1, 0.15) is 17.2 Å². The van der Waals surface area contributed by atoms with Gasteiger partial charge in [-0.15, -0.1) is 0 Å². The molecule has 2 aromatic carbocycles. The summed E-state index contributed by atoms with van der Waals surface area (Å²) in [7, 11) is 1.65. The van der Waals surface area contributed by atoms with Crippen LogP contribution < -0.4 is 15.4 Å². The Morgan fingerprint density at radius 3 is 2.50 bits per heavy atom. The quantitative estimate of drug-likeness (QED) is 0.836. The minimum absolute atomic E-state index is 0.0560. The first-order valence-corrected chi connectivity index (χ1v) is 7.64. The van der Waals surface area contributed by atoms with E-state index in [1.54, 1.807) is 7.11 Å². The molecule has 0 aliphatic carbocycles. The van der Waals surface area contributed by atoms with Gasteiger partial charge in [-0.2, -0.15) is 0 Å². The van der Waals surface area contributed by atoms with Crippen LogP contribution in [0.4, 0.5) is 0 Å². The second-order valence-electron chi connectivity index (χ2n) is 4.91. The number of rotatable bonds is 3. The molecule has 0 bridgehead atoms. The molecule has 0 amide bonds. The highest BCUT2D eigenvalue weighted by Gasteiger charge is 2.20. The Kier molecular flexibility index (Phi) is 4.32. The number of hydrogen-bond donors (Lipinski definition) is 2. The van der Waals surface area contributed by atoms with Crippen LogP contribution in [-0.2, 0) is 0 Å². The smallest absolute Gasteiger partial charge is 0.171 e. The molecule has 0 spiro atoms. The van der Waals surface area contributed by atoms with E-state index in [1.165, 1.54) is 0 Å². The Balaban J connectivity index is 1.96. The minimum atomic E-state index is -0.0560. The van der Waals surface area contributed by atoms with Crippen molar-refractivity contribution in [2.45, 2.75) is 6.04 Å². The summed E-state index contributed by atoms with van der Waals surface area (Å²) in [6.07, 6.45) is 2.08. The lowest BCUT2D eigenvalue weighted by atomic mass is 10.0. The summed E-state index contributed by atoms with van der Waals surface area (Å²) in [5.41, 5.74) is 3.00. The third-order valence-electron chi connectivity index (χ3n) is 3.51. The molecule has 0 saturated carbocycles. The van der Waals surface area contributed by atoms with E-state index in [1.807, 2.05) is 48.5 Å². The zero-order valence-electron chi connectivity index (χ0n) is 12.0. The van der Waals surface area contributed by atoms with Crippen molar-refractivity contribution in [2.75, 3.05) is 7.11 Å². The van der Waals surface area contributed by atoms with Crippen molar-refractivity contribution in [3.8, 4) is 5.75 Å². The lowest BCUT2D eigenvalue weighted by molar-refractivity contribution is 0.415. The van der Waals surface area contributed by atoms with Crippen molar-refractivity contribution in [3.63, 3.8) is 0 Å². The van der Waals surface area contributed by atoms with Crippen LogP contribution in [0.15, 0.2) is 54.6 Å². The van der Waals surface area contributed by atoms with Gasteiger partial charge in [-0.3, -0.25) is 0 Å². The molecule has 0 radical (unpaired) electrons. The molecule has 1 aliphatic rings. The van der Waals surface area contributed by atoms with E-state index in [0.29, 0.717) is 5.11 Å². The first kappa shape index (κ1) is 14.9. The summed E-state index contributed by atoms with van der Waals surface area (Å²) in [4.78, 5) is 0. The van der Waals surface area contributed by atoms with Gasteiger partial charge in [0.2, 0.25) is 0 Å². The second kappa shape index (κ2) is 6.38. The minimum Gasteiger partial charge on any atom is -0.497 e. The standard InChI is InChI=1S/C17H15ClN2OS/c1-21-12-8-6-11(7-9-12)15-10-16(20-17(22)19-15)13-4-2-3-5-14(13)18/h2-10,16H,1H3,(H2,19,20,22)/t16-/m0/s1. The summed E-state index contributed by atoms with van der Waals surface area (Å²) in [5.74, 6) is 0.823. The largest absolute Gasteiger partial charge is 0.497 e. The van der Waals surface area contributed by atoms with E-state index in [2.05, 4.69) is 16.7 Å². The lowest BCUT2D eigenvalue weighted by Crippen LogP contribution is -2.40. The Morgan fingerprint density at radius 2 is 1.82 bits per heavy atom. The normalized spacial score (nSPS) is 17.3. The zero-order valence-corrected chi connectivity index (χ0v) is 13.5. The fraction of sp³-hybridized carbons (Fsp3) is 0.118. The maximum Gasteiger partial charge on any atom is 0.171 e. The predicted octanol–water partition coefficient (Wildman–Crippen LogP) is 3.91. The van der Waals surface area contributed by atoms with Crippen LogP contribution in [0, 0.1) is 0 Å². The average Bonchev–Trinajstić information content (AvgIpc) is 2.55. The highest BCUT2D eigenvalue weighted by atomic mass is 35.5. The molecule has 2 N–H and O–H groups in total. The van der Waals surface area contributed by atoms with Crippen LogP contribution in [0.5, 0.6) is 5.75 Å². The first-order chi connectivity index (χ1) is 10.7. The summed E-state index contributed by atoms with van der Waals surface area (Å²) in [6.45, 7) is 0. The number of ether oxygens (including phenoxy) is 1. The predicted molar refractivity (Wildman–Crippen MR) is 94.0 cm³/mol. The molecular weight excluding hydrogens is 316 g/mol. The molecule has 0 unspecified atom stereocenters. The molecule has 3 rings (SSSR count). The van der Waals surface area contributed by atoms with Crippen molar-refractivity contribution in [1.82, 2.24) is 10.6 Å². The van der Waals surface area contributed by atoms with E-state index >= 15 is 0 Å². The van der Waals surface area contributed by atoms with Gasteiger partial charge in [0.25, 0.3) is 0 Å². The van der Waals surface area contributed by atoms with Crippen molar-refractivity contribution < 1.29 is 4.74 Å². The number of hydrogen-bond acceptors (Lipinski definition) is 2. The molecule has 3 nitrogen and oxygen atoms in total. The molecule has 0 fully saturated rings. The Morgan fingerprint density at radius 1 is 1.09 bits per heavy atom.